The maximum Gasteiger partial charge on any atom is 0.0337 e. The Kier molecular flexibility index (Phi) is 14.1. The van der Waals surface area contributed by atoms with E-state index in [-0.39, 0.29) is 0 Å². The quantitative estimate of drug-likeness (QED) is 0.221. The van der Waals surface area contributed by atoms with E-state index in [0.717, 1.165) is 17.8 Å². The van der Waals surface area contributed by atoms with Crippen molar-refractivity contribution in [2.75, 3.05) is 11.5 Å². The fourth-order valence-corrected chi connectivity index (χ4v) is 3.77. The van der Waals surface area contributed by atoms with Gasteiger partial charge in [-0.1, -0.05) is 103 Å². The molecule has 0 unspecified atom stereocenters. The molecule has 0 heterocycles. The Morgan fingerprint density at radius 1 is 0.500 bits per heavy atom. The average Bonchev–Trinajstić information content (AvgIpc) is 2.60. The van der Waals surface area contributed by atoms with Crippen molar-refractivity contribution in [1.29, 1.82) is 0 Å². The molecule has 0 saturated heterocycles. The average molecular weight is 361 g/mol. The van der Waals surface area contributed by atoms with Gasteiger partial charge in [0, 0.05) is 11.4 Å². The highest BCUT2D eigenvalue weighted by molar-refractivity contribution is 5.54. The van der Waals surface area contributed by atoms with Crippen LogP contribution < -0.4 is 11.5 Å². The standard InChI is InChI=1S/C24H44N2/c1-2-3-4-5-6-7-8-9-10-11-12-13-14-15-16-17-18-22-19-23(25)21-24(26)20-22/h19-21H,2-18,25-26H2,1H3. The predicted molar refractivity (Wildman–Crippen MR) is 119 cm³/mol. The number of nitrogen functional groups attached to an aromatic ring is 2. The third-order valence-electron chi connectivity index (χ3n) is 5.36. The first kappa shape index (κ1) is 22.9. The molecule has 0 bridgehead atoms. The van der Waals surface area contributed by atoms with Crippen LogP contribution in [0.4, 0.5) is 11.4 Å². The molecule has 0 aliphatic carbocycles. The van der Waals surface area contributed by atoms with Gasteiger partial charge in [-0.15, -0.1) is 0 Å². The zero-order chi connectivity index (χ0) is 18.9. The molecule has 1 rings (SSSR count). The van der Waals surface area contributed by atoms with Gasteiger partial charge in [0.25, 0.3) is 0 Å². The molecule has 26 heavy (non-hydrogen) atoms. The van der Waals surface area contributed by atoms with E-state index in [2.05, 4.69) is 19.1 Å². The number of unbranched alkanes of at least 4 members (excludes halogenated alkanes) is 15. The first-order valence-corrected chi connectivity index (χ1v) is 11.4. The van der Waals surface area contributed by atoms with Crippen molar-refractivity contribution in [2.45, 2.75) is 116 Å². The van der Waals surface area contributed by atoms with Crippen molar-refractivity contribution in [3.63, 3.8) is 0 Å². The normalized spacial score (nSPS) is 11.1. The Morgan fingerprint density at radius 2 is 0.846 bits per heavy atom. The van der Waals surface area contributed by atoms with E-state index in [0.29, 0.717) is 0 Å². The SMILES string of the molecule is CCCCCCCCCCCCCCCCCCc1cc(N)cc(N)c1. The summed E-state index contributed by atoms with van der Waals surface area (Å²) in [5, 5.41) is 0. The first-order chi connectivity index (χ1) is 12.7. The third-order valence-corrected chi connectivity index (χ3v) is 5.36. The van der Waals surface area contributed by atoms with E-state index in [9.17, 15) is 0 Å². The smallest absolute Gasteiger partial charge is 0.0337 e. The van der Waals surface area contributed by atoms with Gasteiger partial charge in [-0.3, -0.25) is 0 Å². The number of nitrogens with two attached hydrogens (primary N) is 2. The van der Waals surface area contributed by atoms with E-state index >= 15 is 0 Å². The summed E-state index contributed by atoms with van der Waals surface area (Å²) >= 11 is 0. The monoisotopic (exact) mass is 360 g/mol. The Labute approximate surface area is 163 Å². The van der Waals surface area contributed by atoms with Gasteiger partial charge in [-0.05, 0) is 36.6 Å². The second kappa shape index (κ2) is 16.0. The second-order valence-corrected chi connectivity index (χ2v) is 8.06. The summed E-state index contributed by atoms with van der Waals surface area (Å²) in [5.41, 5.74) is 14.5. The van der Waals surface area contributed by atoms with E-state index in [1.807, 2.05) is 6.07 Å². The van der Waals surface area contributed by atoms with Crippen LogP contribution in [0.5, 0.6) is 0 Å². The van der Waals surface area contributed by atoms with Gasteiger partial charge in [-0.25, -0.2) is 0 Å². The largest absolute Gasteiger partial charge is 0.399 e. The number of benzene rings is 1. The van der Waals surface area contributed by atoms with E-state index in [4.69, 9.17) is 11.5 Å². The summed E-state index contributed by atoms with van der Waals surface area (Å²) in [7, 11) is 0. The van der Waals surface area contributed by atoms with Crippen LogP contribution in [0.15, 0.2) is 18.2 Å². The summed E-state index contributed by atoms with van der Waals surface area (Å²) in [6.07, 6.45) is 23.7. The zero-order valence-electron chi connectivity index (χ0n) is 17.4. The lowest BCUT2D eigenvalue weighted by Crippen LogP contribution is -1.94. The molecule has 0 saturated carbocycles. The van der Waals surface area contributed by atoms with Gasteiger partial charge in [0.1, 0.15) is 0 Å². The van der Waals surface area contributed by atoms with Crippen LogP contribution in [-0.2, 0) is 6.42 Å². The van der Waals surface area contributed by atoms with Crippen molar-refractivity contribution in [3.8, 4) is 0 Å². The Bertz CT molecular complexity index is 422. The molecule has 0 spiro atoms. The molecule has 0 aromatic heterocycles. The van der Waals surface area contributed by atoms with E-state index in [1.165, 1.54) is 108 Å². The van der Waals surface area contributed by atoms with Crippen LogP contribution >= 0.6 is 0 Å². The van der Waals surface area contributed by atoms with Gasteiger partial charge in [0.15, 0.2) is 0 Å². The topological polar surface area (TPSA) is 52.0 Å². The molecule has 2 nitrogen and oxygen atoms in total. The predicted octanol–water partition coefficient (Wildman–Crippen LogP) is 7.66. The number of hydrogen-bond donors (Lipinski definition) is 2. The van der Waals surface area contributed by atoms with Crippen LogP contribution in [-0.4, -0.2) is 0 Å². The van der Waals surface area contributed by atoms with Crippen molar-refractivity contribution in [1.82, 2.24) is 0 Å². The van der Waals surface area contributed by atoms with Crippen molar-refractivity contribution in [3.05, 3.63) is 23.8 Å². The molecule has 1 aromatic carbocycles. The maximum atomic E-state index is 5.84. The minimum absolute atomic E-state index is 0.788. The molecule has 0 aliphatic rings. The lowest BCUT2D eigenvalue weighted by Gasteiger charge is -2.05. The third kappa shape index (κ3) is 13.1. The molecular formula is C24H44N2. The molecule has 2 heteroatoms. The van der Waals surface area contributed by atoms with Crippen LogP contribution in [0.25, 0.3) is 0 Å². The van der Waals surface area contributed by atoms with Crippen LogP contribution in [0.3, 0.4) is 0 Å². The minimum Gasteiger partial charge on any atom is -0.399 e. The molecule has 0 aliphatic heterocycles. The molecule has 1 aromatic rings. The summed E-state index contributed by atoms with van der Waals surface area (Å²) in [5.74, 6) is 0. The molecule has 0 fully saturated rings. The van der Waals surface area contributed by atoms with Gasteiger partial charge >= 0.3 is 0 Å². The molecular weight excluding hydrogens is 316 g/mol. The highest BCUT2D eigenvalue weighted by Crippen LogP contribution is 2.17. The van der Waals surface area contributed by atoms with Crippen molar-refractivity contribution < 1.29 is 0 Å². The highest BCUT2D eigenvalue weighted by Gasteiger charge is 1.98. The van der Waals surface area contributed by atoms with Crippen LogP contribution in [0.1, 0.15) is 115 Å². The van der Waals surface area contributed by atoms with E-state index in [1.54, 1.807) is 0 Å². The van der Waals surface area contributed by atoms with Gasteiger partial charge in [0.2, 0.25) is 0 Å². The number of hydrogen-bond acceptors (Lipinski definition) is 2. The van der Waals surface area contributed by atoms with Crippen molar-refractivity contribution in [2.24, 2.45) is 0 Å². The lowest BCUT2D eigenvalue weighted by molar-refractivity contribution is 0.529. The zero-order valence-corrected chi connectivity index (χ0v) is 17.4. The lowest BCUT2D eigenvalue weighted by atomic mass is 10.0. The minimum atomic E-state index is 0.788. The fourth-order valence-electron chi connectivity index (χ4n) is 3.77. The molecule has 0 amide bonds. The first-order valence-electron chi connectivity index (χ1n) is 11.4. The number of aryl methyl sites for hydroxylation is 1. The number of rotatable bonds is 17. The van der Waals surface area contributed by atoms with Gasteiger partial charge in [-0.2, -0.15) is 0 Å². The number of anilines is 2. The summed E-state index contributed by atoms with van der Waals surface area (Å²) < 4.78 is 0. The van der Waals surface area contributed by atoms with Gasteiger partial charge < -0.3 is 11.5 Å². The van der Waals surface area contributed by atoms with Crippen LogP contribution in [0, 0.1) is 0 Å². The summed E-state index contributed by atoms with van der Waals surface area (Å²) in [6.45, 7) is 2.29. The van der Waals surface area contributed by atoms with Crippen molar-refractivity contribution >= 4 is 11.4 Å². The molecule has 0 atom stereocenters. The second-order valence-electron chi connectivity index (χ2n) is 8.06. The van der Waals surface area contributed by atoms with Gasteiger partial charge in [0.05, 0.1) is 0 Å². The maximum absolute atomic E-state index is 5.84. The summed E-state index contributed by atoms with van der Waals surface area (Å²) in [6, 6.07) is 5.94. The highest BCUT2D eigenvalue weighted by atomic mass is 14.6. The Morgan fingerprint density at radius 3 is 1.23 bits per heavy atom. The van der Waals surface area contributed by atoms with E-state index < -0.39 is 0 Å². The van der Waals surface area contributed by atoms with Crippen LogP contribution in [0.2, 0.25) is 0 Å². The molecule has 0 radical (unpaired) electrons. The molecule has 4 N–H and O–H groups in total. The summed E-state index contributed by atoms with van der Waals surface area (Å²) in [4.78, 5) is 0. The Balaban J connectivity index is 1.79. The molecule has 150 valence electrons. The fraction of sp³-hybridized carbons (Fsp3) is 0.750. The Hall–Kier alpha value is -1.18.